The fourth-order valence-electron chi connectivity index (χ4n) is 4.30. The van der Waals surface area contributed by atoms with Crippen LogP contribution in [0.15, 0.2) is 58.3 Å². The average molecular weight is 449 g/mol. The highest BCUT2D eigenvalue weighted by Gasteiger charge is 2.29. The van der Waals surface area contributed by atoms with Crippen molar-refractivity contribution in [3.8, 4) is 0 Å². The first-order chi connectivity index (χ1) is 14.3. The largest absolute Gasteiger partial charge is 0.243 e. The van der Waals surface area contributed by atoms with Gasteiger partial charge in [0.1, 0.15) is 0 Å². The highest BCUT2D eigenvalue weighted by atomic mass is 32.2. The van der Waals surface area contributed by atoms with E-state index in [-0.39, 0.29) is 15.8 Å². The first-order valence-electron chi connectivity index (χ1n) is 10.5. The maximum absolute atomic E-state index is 12.9. The third-order valence-corrected chi connectivity index (χ3v) is 9.58. The summed E-state index contributed by atoms with van der Waals surface area (Å²) in [6.07, 6.45) is 4.32. The molecule has 0 spiro atoms. The van der Waals surface area contributed by atoms with Gasteiger partial charge in [-0.1, -0.05) is 31.2 Å². The van der Waals surface area contributed by atoms with E-state index in [1.54, 1.807) is 0 Å². The summed E-state index contributed by atoms with van der Waals surface area (Å²) in [5.41, 5.74) is 2.19. The summed E-state index contributed by atoms with van der Waals surface area (Å²) < 4.78 is 55.9. The molecular formula is C22H28N2O4S2. The van der Waals surface area contributed by atoms with Gasteiger partial charge in [-0.25, -0.2) is 21.6 Å². The number of piperidine rings is 1. The van der Waals surface area contributed by atoms with Crippen molar-refractivity contribution in [1.29, 1.82) is 0 Å². The number of benzene rings is 2. The van der Waals surface area contributed by atoms with E-state index in [0.717, 1.165) is 37.7 Å². The quantitative estimate of drug-likeness (QED) is 0.759. The second-order valence-electron chi connectivity index (χ2n) is 8.32. The Bertz CT molecular complexity index is 1100. The standard InChI is InChI=1S/C22H28N2O4S2/c1-17-13-15-24(16-14-17)30(27,28)20-11-9-19(10-12-20)29(25,26)23-22-8-4-6-18-5-2-3-7-21(18)22/h2-3,5,7,9-12,17,22-23H,4,6,8,13-16H2,1H3/t22-/m1/s1. The number of hydrogen-bond acceptors (Lipinski definition) is 4. The van der Waals surface area contributed by atoms with Gasteiger partial charge >= 0.3 is 0 Å². The summed E-state index contributed by atoms with van der Waals surface area (Å²) in [5.74, 6) is 0.528. The van der Waals surface area contributed by atoms with Crippen LogP contribution in [-0.4, -0.2) is 34.2 Å². The van der Waals surface area contributed by atoms with Gasteiger partial charge in [-0.05, 0) is 73.4 Å². The highest BCUT2D eigenvalue weighted by Crippen LogP contribution is 2.31. The van der Waals surface area contributed by atoms with E-state index >= 15 is 0 Å². The van der Waals surface area contributed by atoms with Gasteiger partial charge in [0.05, 0.1) is 9.79 Å². The zero-order valence-corrected chi connectivity index (χ0v) is 18.8. The molecule has 2 aromatic carbocycles. The zero-order valence-electron chi connectivity index (χ0n) is 17.1. The van der Waals surface area contributed by atoms with E-state index in [2.05, 4.69) is 11.6 Å². The van der Waals surface area contributed by atoms with E-state index in [4.69, 9.17) is 0 Å². The minimum absolute atomic E-state index is 0.0803. The Hall–Kier alpha value is -1.74. The van der Waals surface area contributed by atoms with Crippen molar-refractivity contribution in [3.05, 3.63) is 59.7 Å². The number of nitrogens with zero attached hydrogens (tertiary/aromatic N) is 1. The lowest BCUT2D eigenvalue weighted by atomic mass is 9.88. The Morgan fingerprint density at radius 1 is 0.867 bits per heavy atom. The lowest BCUT2D eigenvalue weighted by Crippen LogP contribution is -2.37. The fourth-order valence-corrected chi connectivity index (χ4v) is 7.02. The Morgan fingerprint density at radius 2 is 1.50 bits per heavy atom. The smallest absolute Gasteiger partial charge is 0.207 e. The Labute approximate surface area is 179 Å². The van der Waals surface area contributed by atoms with Gasteiger partial charge in [0, 0.05) is 19.1 Å². The zero-order chi connectivity index (χ0) is 21.4. The second-order valence-corrected chi connectivity index (χ2v) is 12.0. The summed E-state index contributed by atoms with van der Waals surface area (Å²) in [4.78, 5) is 0.218. The van der Waals surface area contributed by atoms with Crippen LogP contribution in [0.1, 0.15) is 49.8 Å². The third-order valence-electron chi connectivity index (χ3n) is 6.18. The van der Waals surface area contributed by atoms with Gasteiger partial charge in [-0.15, -0.1) is 0 Å². The van der Waals surface area contributed by atoms with Crippen LogP contribution in [0.25, 0.3) is 0 Å². The molecular weight excluding hydrogens is 420 g/mol. The molecule has 0 unspecified atom stereocenters. The first-order valence-corrected chi connectivity index (χ1v) is 13.4. The van der Waals surface area contributed by atoms with Crippen LogP contribution in [0, 0.1) is 5.92 Å². The normalized spacial score (nSPS) is 21.3. The van der Waals surface area contributed by atoms with Gasteiger partial charge in [-0.3, -0.25) is 0 Å². The second kappa shape index (κ2) is 8.42. The van der Waals surface area contributed by atoms with Gasteiger partial charge in [-0.2, -0.15) is 4.31 Å². The van der Waals surface area contributed by atoms with Gasteiger partial charge in [0.15, 0.2) is 0 Å². The molecule has 1 atom stereocenters. The molecule has 0 bridgehead atoms. The number of sulfonamides is 2. The van der Waals surface area contributed by atoms with Crippen LogP contribution >= 0.6 is 0 Å². The van der Waals surface area contributed by atoms with Crippen molar-refractivity contribution in [1.82, 2.24) is 9.03 Å². The molecule has 30 heavy (non-hydrogen) atoms. The SMILES string of the molecule is CC1CCN(S(=O)(=O)c2ccc(S(=O)(=O)N[C@@H]3CCCc4ccccc43)cc2)CC1. The Morgan fingerprint density at radius 3 is 2.20 bits per heavy atom. The van der Waals surface area contributed by atoms with Crippen molar-refractivity contribution >= 4 is 20.0 Å². The lowest BCUT2D eigenvalue weighted by molar-refractivity contribution is 0.288. The topological polar surface area (TPSA) is 83.6 Å². The molecule has 2 aliphatic rings. The first kappa shape index (κ1) is 21.5. The average Bonchev–Trinajstić information content (AvgIpc) is 2.74. The molecule has 0 radical (unpaired) electrons. The molecule has 0 saturated carbocycles. The van der Waals surface area contributed by atoms with E-state index < -0.39 is 20.0 Å². The summed E-state index contributed by atoms with van der Waals surface area (Å²) in [7, 11) is -7.35. The molecule has 1 saturated heterocycles. The highest BCUT2D eigenvalue weighted by molar-refractivity contribution is 7.89. The summed E-state index contributed by atoms with van der Waals surface area (Å²) in [5, 5.41) is 0. The van der Waals surface area contributed by atoms with Gasteiger partial charge in [0.2, 0.25) is 20.0 Å². The fraction of sp³-hybridized carbons (Fsp3) is 0.455. The molecule has 1 aliphatic carbocycles. The monoisotopic (exact) mass is 448 g/mol. The van der Waals surface area contributed by atoms with Crippen LogP contribution in [0.3, 0.4) is 0 Å². The van der Waals surface area contributed by atoms with E-state index in [1.807, 2.05) is 24.3 Å². The molecule has 8 heteroatoms. The molecule has 4 rings (SSSR count). The molecule has 0 aromatic heterocycles. The summed E-state index contributed by atoms with van der Waals surface area (Å²) in [6, 6.07) is 13.2. The van der Waals surface area contributed by atoms with Crippen LogP contribution in [-0.2, 0) is 26.5 Å². The molecule has 2 aromatic rings. The maximum Gasteiger partial charge on any atom is 0.243 e. The van der Waals surface area contributed by atoms with E-state index in [9.17, 15) is 16.8 Å². The van der Waals surface area contributed by atoms with Crippen molar-refractivity contribution in [2.45, 2.75) is 54.9 Å². The van der Waals surface area contributed by atoms with Crippen LogP contribution in [0.4, 0.5) is 0 Å². The van der Waals surface area contributed by atoms with Crippen molar-refractivity contribution in [2.24, 2.45) is 5.92 Å². The summed E-state index contributed by atoms with van der Waals surface area (Å²) >= 11 is 0. The van der Waals surface area contributed by atoms with E-state index in [0.29, 0.717) is 19.0 Å². The Balaban J connectivity index is 1.52. The molecule has 1 heterocycles. The predicted octanol–water partition coefficient (Wildman–Crippen LogP) is 3.46. The van der Waals surface area contributed by atoms with Crippen LogP contribution in [0.5, 0.6) is 0 Å². The van der Waals surface area contributed by atoms with E-state index in [1.165, 1.54) is 34.1 Å². The Kier molecular flexibility index (Phi) is 6.03. The van der Waals surface area contributed by atoms with Gasteiger partial charge in [0.25, 0.3) is 0 Å². The molecule has 1 N–H and O–H groups in total. The molecule has 6 nitrogen and oxygen atoms in total. The van der Waals surface area contributed by atoms with Crippen LogP contribution < -0.4 is 4.72 Å². The van der Waals surface area contributed by atoms with Crippen molar-refractivity contribution < 1.29 is 16.8 Å². The van der Waals surface area contributed by atoms with Crippen molar-refractivity contribution in [2.75, 3.05) is 13.1 Å². The molecule has 1 fully saturated rings. The maximum atomic E-state index is 12.9. The number of hydrogen-bond donors (Lipinski definition) is 1. The number of aryl methyl sites for hydroxylation is 1. The predicted molar refractivity (Wildman–Crippen MR) is 116 cm³/mol. The lowest BCUT2D eigenvalue weighted by Gasteiger charge is -2.29. The number of fused-ring (bicyclic) bond motifs is 1. The number of rotatable bonds is 5. The molecule has 162 valence electrons. The minimum atomic E-state index is -3.76. The van der Waals surface area contributed by atoms with Crippen LogP contribution in [0.2, 0.25) is 0 Å². The third kappa shape index (κ3) is 4.32. The van der Waals surface area contributed by atoms with Gasteiger partial charge < -0.3 is 0 Å². The molecule has 0 amide bonds. The molecule has 1 aliphatic heterocycles. The number of nitrogens with one attached hydrogen (secondary N) is 1. The van der Waals surface area contributed by atoms with Crippen molar-refractivity contribution in [3.63, 3.8) is 0 Å². The summed E-state index contributed by atoms with van der Waals surface area (Å²) in [6.45, 7) is 3.14. The minimum Gasteiger partial charge on any atom is -0.207 e.